The normalized spacial score (nSPS) is 9.88. The van der Waals surface area contributed by atoms with Gasteiger partial charge in [0.1, 0.15) is 22.1 Å². The first-order valence-corrected chi connectivity index (χ1v) is 5.70. The molecule has 0 radical (unpaired) electrons. The van der Waals surface area contributed by atoms with Gasteiger partial charge in [-0.05, 0) is 12.1 Å². The van der Waals surface area contributed by atoms with Crippen molar-refractivity contribution in [3.63, 3.8) is 0 Å². The molecule has 2 rings (SSSR count). The Morgan fingerprint density at radius 2 is 2.12 bits per heavy atom. The summed E-state index contributed by atoms with van der Waals surface area (Å²) in [7, 11) is 0. The molecule has 0 fully saturated rings. The molecule has 2 aromatic heterocycles. The first kappa shape index (κ1) is 11.6. The van der Waals surface area contributed by atoms with E-state index in [-0.39, 0.29) is 5.69 Å². The van der Waals surface area contributed by atoms with E-state index < -0.39 is 0 Å². The average molecular weight is 264 g/mol. The van der Waals surface area contributed by atoms with Crippen molar-refractivity contribution in [1.82, 2.24) is 15.0 Å². The molecule has 0 atom stereocenters. The van der Waals surface area contributed by atoms with Crippen LogP contribution in [-0.2, 0) is 0 Å². The molecule has 0 amide bonds. The Hall–Kier alpha value is -1.84. The lowest BCUT2D eigenvalue weighted by Crippen LogP contribution is -1.94. The molecule has 0 aromatic carbocycles. The van der Waals surface area contributed by atoms with Crippen molar-refractivity contribution in [2.75, 3.05) is 5.73 Å². The van der Waals surface area contributed by atoms with Crippen LogP contribution in [0, 0.1) is 11.3 Å². The fourth-order valence-electron chi connectivity index (χ4n) is 1.09. The topological polar surface area (TPSA) is 88.5 Å². The van der Waals surface area contributed by atoms with Crippen LogP contribution in [0.4, 0.5) is 5.82 Å². The molecular weight excluding hydrogens is 258 g/mol. The molecule has 5 nitrogen and oxygen atoms in total. The van der Waals surface area contributed by atoms with Gasteiger partial charge in [0.05, 0.1) is 17.3 Å². The zero-order valence-corrected chi connectivity index (χ0v) is 10.0. The van der Waals surface area contributed by atoms with Gasteiger partial charge >= 0.3 is 0 Å². The lowest BCUT2D eigenvalue weighted by molar-refractivity contribution is 1.05. The summed E-state index contributed by atoms with van der Waals surface area (Å²) in [5.41, 5.74) is 5.77. The predicted octanol–water partition coefficient (Wildman–Crippen LogP) is 2.13. The third kappa shape index (κ3) is 2.84. The third-order valence-electron chi connectivity index (χ3n) is 1.80. The number of anilines is 1. The number of pyridine rings is 1. The van der Waals surface area contributed by atoms with Crippen LogP contribution in [0.15, 0.2) is 34.4 Å². The van der Waals surface area contributed by atoms with Crippen LogP contribution in [0.2, 0.25) is 5.15 Å². The van der Waals surface area contributed by atoms with E-state index in [0.29, 0.717) is 20.9 Å². The molecule has 2 aromatic rings. The second-order valence-corrected chi connectivity index (χ2v) is 4.42. The summed E-state index contributed by atoms with van der Waals surface area (Å²) in [6.07, 6.45) is 2.98. The van der Waals surface area contributed by atoms with Crippen LogP contribution in [0.5, 0.6) is 0 Å². The molecule has 2 N–H and O–H groups in total. The lowest BCUT2D eigenvalue weighted by Gasteiger charge is -2.02. The maximum Gasteiger partial charge on any atom is 0.156 e. The first-order chi connectivity index (χ1) is 8.19. The molecule has 17 heavy (non-hydrogen) atoms. The van der Waals surface area contributed by atoms with Crippen molar-refractivity contribution in [2.45, 2.75) is 9.92 Å². The molecule has 0 unspecified atom stereocenters. The van der Waals surface area contributed by atoms with Gasteiger partial charge in [0.15, 0.2) is 5.69 Å². The quantitative estimate of drug-likeness (QED) is 0.893. The molecular formula is C10H6ClN5S. The van der Waals surface area contributed by atoms with E-state index in [1.807, 2.05) is 6.07 Å². The van der Waals surface area contributed by atoms with Crippen molar-refractivity contribution < 1.29 is 0 Å². The number of halogens is 1. The van der Waals surface area contributed by atoms with Gasteiger partial charge in [-0.1, -0.05) is 23.4 Å². The van der Waals surface area contributed by atoms with E-state index in [9.17, 15) is 0 Å². The molecule has 2 heterocycles. The predicted molar refractivity (Wildman–Crippen MR) is 64.5 cm³/mol. The van der Waals surface area contributed by atoms with E-state index in [1.165, 1.54) is 24.2 Å². The number of nitrogens with zero attached hydrogens (tertiary/aromatic N) is 4. The summed E-state index contributed by atoms with van der Waals surface area (Å²) in [6.45, 7) is 0. The fourth-order valence-corrected chi connectivity index (χ4v) is 1.95. The third-order valence-corrected chi connectivity index (χ3v) is 2.96. The van der Waals surface area contributed by atoms with Gasteiger partial charge in [0.2, 0.25) is 0 Å². The van der Waals surface area contributed by atoms with Crippen LogP contribution in [0.3, 0.4) is 0 Å². The van der Waals surface area contributed by atoms with Gasteiger partial charge in [-0.3, -0.25) is 0 Å². The molecule has 84 valence electrons. The van der Waals surface area contributed by atoms with Gasteiger partial charge in [-0.25, -0.2) is 15.0 Å². The summed E-state index contributed by atoms with van der Waals surface area (Å²) in [5, 5.41) is 9.89. The highest BCUT2D eigenvalue weighted by atomic mass is 35.5. The van der Waals surface area contributed by atoms with E-state index in [4.69, 9.17) is 22.6 Å². The molecule has 7 heteroatoms. The summed E-state index contributed by atoms with van der Waals surface area (Å²) in [5.74, 6) is 0.313. The fraction of sp³-hybridized carbons (Fsp3) is 0. The summed E-state index contributed by atoms with van der Waals surface area (Å²) in [6, 6.07) is 5.34. The van der Waals surface area contributed by atoms with E-state index in [1.54, 1.807) is 12.1 Å². The minimum absolute atomic E-state index is 0.270. The number of aromatic nitrogens is 3. The summed E-state index contributed by atoms with van der Waals surface area (Å²) < 4.78 is 0. The molecule has 0 aliphatic heterocycles. The van der Waals surface area contributed by atoms with E-state index in [0.717, 1.165) is 0 Å². The van der Waals surface area contributed by atoms with Crippen molar-refractivity contribution >= 4 is 29.2 Å². The Bertz CT molecular complexity index is 578. The van der Waals surface area contributed by atoms with Crippen LogP contribution in [0.1, 0.15) is 5.69 Å². The highest BCUT2D eigenvalue weighted by Crippen LogP contribution is 2.28. The average Bonchev–Trinajstić information content (AvgIpc) is 2.34. The van der Waals surface area contributed by atoms with Gasteiger partial charge in [0.25, 0.3) is 0 Å². The van der Waals surface area contributed by atoms with Crippen LogP contribution in [0.25, 0.3) is 0 Å². The standard InChI is InChI=1S/C10H6ClN5S/c11-8-4-15-10(5-14-8)17-7-1-2-9(13)16-6(7)3-12/h1-2,4-5H,(H2,13,16). The zero-order valence-electron chi connectivity index (χ0n) is 8.46. The molecule has 0 aliphatic carbocycles. The number of nitriles is 1. The largest absolute Gasteiger partial charge is 0.384 e. The number of hydrogen-bond donors (Lipinski definition) is 1. The lowest BCUT2D eigenvalue weighted by atomic mass is 10.3. The smallest absolute Gasteiger partial charge is 0.156 e. The van der Waals surface area contributed by atoms with Gasteiger partial charge in [-0.15, -0.1) is 0 Å². The maximum atomic E-state index is 8.93. The minimum Gasteiger partial charge on any atom is -0.384 e. The molecule has 0 spiro atoms. The number of nitrogens with two attached hydrogens (primary N) is 1. The summed E-state index contributed by atoms with van der Waals surface area (Å²) in [4.78, 5) is 12.6. The Balaban J connectivity index is 2.30. The van der Waals surface area contributed by atoms with E-state index in [2.05, 4.69) is 15.0 Å². The SMILES string of the molecule is N#Cc1nc(N)ccc1Sc1cnc(Cl)cn1. The number of nitrogen functional groups attached to an aromatic ring is 1. The van der Waals surface area contributed by atoms with E-state index >= 15 is 0 Å². The van der Waals surface area contributed by atoms with Crippen molar-refractivity contribution in [1.29, 1.82) is 5.26 Å². The Labute approximate surface area is 107 Å². The summed E-state index contributed by atoms with van der Waals surface area (Å²) >= 11 is 6.91. The van der Waals surface area contributed by atoms with Gasteiger partial charge in [-0.2, -0.15) is 5.26 Å². The molecule has 0 saturated heterocycles. The van der Waals surface area contributed by atoms with Gasteiger partial charge in [0, 0.05) is 0 Å². The maximum absolute atomic E-state index is 8.93. The highest BCUT2D eigenvalue weighted by Gasteiger charge is 2.07. The van der Waals surface area contributed by atoms with Crippen LogP contribution in [-0.4, -0.2) is 15.0 Å². The van der Waals surface area contributed by atoms with Crippen molar-refractivity contribution in [3.8, 4) is 6.07 Å². The van der Waals surface area contributed by atoms with Crippen LogP contribution >= 0.6 is 23.4 Å². The van der Waals surface area contributed by atoms with Crippen molar-refractivity contribution in [3.05, 3.63) is 35.4 Å². The molecule has 0 bridgehead atoms. The second kappa shape index (κ2) is 4.99. The van der Waals surface area contributed by atoms with Crippen LogP contribution < -0.4 is 5.73 Å². The number of rotatable bonds is 2. The second-order valence-electron chi connectivity index (χ2n) is 2.97. The Morgan fingerprint density at radius 3 is 2.76 bits per heavy atom. The monoisotopic (exact) mass is 263 g/mol. The Kier molecular flexibility index (Phi) is 3.42. The Morgan fingerprint density at radius 1 is 1.29 bits per heavy atom. The van der Waals surface area contributed by atoms with Gasteiger partial charge < -0.3 is 5.73 Å². The number of hydrogen-bond acceptors (Lipinski definition) is 6. The first-order valence-electron chi connectivity index (χ1n) is 4.51. The highest BCUT2D eigenvalue weighted by molar-refractivity contribution is 7.99. The van der Waals surface area contributed by atoms with Crippen molar-refractivity contribution in [2.24, 2.45) is 0 Å². The molecule has 0 aliphatic rings. The zero-order chi connectivity index (χ0) is 12.3. The molecule has 0 saturated carbocycles. The minimum atomic E-state index is 0.270.